The Kier molecular flexibility index (Phi) is 2.70. The largest absolute Gasteiger partial charge is 0.382 e. The van der Waals surface area contributed by atoms with Crippen molar-refractivity contribution in [2.45, 2.75) is 30.9 Å². The number of hydrogen-bond donors (Lipinski definition) is 1. The first-order chi connectivity index (χ1) is 7.44. The highest BCUT2D eigenvalue weighted by Crippen LogP contribution is 2.34. The van der Waals surface area contributed by atoms with Crippen molar-refractivity contribution >= 4 is 15.5 Å². The van der Waals surface area contributed by atoms with E-state index in [1.165, 1.54) is 0 Å². The van der Waals surface area contributed by atoms with Crippen LogP contribution in [0.2, 0.25) is 0 Å². The van der Waals surface area contributed by atoms with E-state index in [9.17, 15) is 8.42 Å². The first-order valence-electron chi connectivity index (χ1n) is 5.52. The molecule has 1 aliphatic rings. The minimum Gasteiger partial charge on any atom is -0.382 e. The standard InChI is InChI=1S/C12H17NO2S/c1-8(2)11-7-13-12-9(3)5-4-6-10(12)16(11,14)15/h4-6,8,11,13H,7H2,1-3H3. The smallest absolute Gasteiger partial charge is 0.185 e. The van der Waals surface area contributed by atoms with Crippen LogP contribution in [0, 0.1) is 12.8 Å². The highest BCUT2D eigenvalue weighted by molar-refractivity contribution is 7.92. The van der Waals surface area contributed by atoms with Crippen molar-refractivity contribution < 1.29 is 8.42 Å². The van der Waals surface area contributed by atoms with Crippen molar-refractivity contribution in [2.75, 3.05) is 11.9 Å². The molecule has 1 atom stereocenters. The molecule has 1 aliphatic heterocycles. The van der Waals surface area contributed by atoms with E-state index in [-0.39, 0.29) is 11.2 Å². The zero-order valence-electron chi connectivity index (χ0n) is 9.82. The SMILES string of the molecule is Cc1cccc2c1NCC(C(C)C)S2(=O)=O. The van der Waals surface area contributed by atoms with Crippen molar-refractivity contribution in [3.63, 3.8) is 0 Å². The average Bonchev–Trinajstić information content (AvgIpc) is 2.18. The molecule has 88 valence electrons. The third-order valence-electron chi connectivity index (χ3n) is 3.16. The average molecular weight is 239 g/mol. The highest BCUT2D eigenvalue weighted by Gasteiger charge is 2.35. The van der Waals surface area contributed by atoms with E-state index in [0.29, 0.717) is 11.4 Å². The van der Waals surface area contributed by atoms with Crippen LogP contribution in [0.15, 0.2) is 23.1 Å². The lowest BCUT2D eigenvalue weighted by Gasteiger charge is -2.29. The normalized spacial score (nSPS) is 22.6. The van der Waals surface area contributed by atoms with Gasteiger partial charge in [0.05, 0.1) is 15.8 Å². The zero-order chi connectivity index (χ0) is 11.9. The Balaban J connectivity index is 2.60. The van der Waals surface area contributed by atoms with Crippen LogP contribution in [0.4, 0.5) is 5.69 Å². The molecular formula is C12H17NO2S. The van der Waals surface area contributed by atoms with Gasteiger partial charge in [-0.3, -0.25) is 0 Å². The molecule has 2 rings (SSSR count). The molecule has 1 aromatic rings. The zero-order valence-corrected chi connectivity index (χ0v) is 10.6. The fourth-order valence-electron chi connectivity index (χ4n) is 2.17. The fourth-order valence-corrected chi connectivity index (χ4v) is 4.31. The van der Waals surface area contributed by atoms with E-state index >= 15 is 0 Å². The van der Waals surface area contributed by atoms with Crippen molar-refractivity contribution in [3.05, 3.63) is 23.8 Å². The monoisotopic (exact) mass is 239 g/mol. The molecule has 0 aliphatic carbocycles. The topological polar surface area (TPSA) is 46.2 Å². The molecule has 0 amide bonds. The summed E-state index contributed by atoms with van der Waals surface area (Å²) in [4.78, 5) is 0.456. The Morgan fingerprint density at radius 2 is 2.06 bits per heavy atom. The molecule has 0 saturated heterocycles. The number of nitrogens with one attached hydrogen (secondary N) is 1. The van der Waals surface area contributed by atoms with Crippen molar-refractivity contribution in [1.82, 2.24) is 0 Å². The van der Waals surface area contributed by atoms with Gasteiger partial charge in [-0.2, -0.15) is 0 Å². The van der Waals surface area contributed by atoms with Gasteiger partial charge in [0.15, 0.2) is 9.84 Å². The van der Waals surface area contributed by atoms with E-state index in [1.54, 1.807) is 12.1 Å². The van der Waals surface area contributed by atoms with E-state index in [2.05, 4.69) is 5.32 Å². The molecule has 0 spiro atoms. The number of anilines is 1. The molecule has 16 heavy (non-hydrogen) atoms. The van der Waals surface area contributed by atoms with Crippen LogP contribution in [-0.2, 0) is 9.84 Å². The number of para-hydroxylation sites is 1. The molecule has 0 fully saturated rings. The van der Waals surface area contributed by atoms with Crippen LogP contribution in [0.3, 0.4) is 0 Å². The number of sulfone groups is 1. The predicted molar refractivity (Wildman–Crippen MR) is 65.5 cm³/mol. The second-order valence-electron chi connectivity index (χ2n) is 4.66. The molecule has 0 saturated carbocycles. The van der Waals surface area contributed by atoms with Crippen molar-refractivity contribution in [1.29, 1.82) is 0 Å². The molecule has 1 aromatic carbocycles. The molecule has 0 radical (unpaired) electrons. The summed E-state index contributed by atoms with van der Waals surface area (Å²) in [6, 6.07) is 5.42. The van der Waals surface area contributed by atoms with E-state index in [0.717, 1.165) is 11.3 Å². The Morgan fingerprint density at radius 1 is 1.38 bits per heavy atom. The highest BCUT2D eigenvalue weighted by atomic mass is 32.2. The number of benzene rings is 1. The van der Waals surface area contributed by atoms with E-state index < -0.39 is 9.84 Å². The van der Waals surface area contributed by atoms with E-state index in [4.69, 9.17) is 0 Å². The van der Waals surface area contributed by atoms with Crippen LogP contribution < -0.4 is 5.32 Å². The minimum absolute atomic E-state index is 0.131. The number of rotatable bonds is 1. The molecular weight excluding hydrogens is 222 g/mol. The maximum Gasteiger partial charge on any atom is 0.185 e. The summed E-state index contributed by atoms with van der Waals surface area (Å²) in [5, 5.41) is 2.92. The Bertz CT molecular complexity index is 506. The van der Waals surface area contributed by atoms with Gasteiger partial charge in [0.25, 0.3) is 0 Å². The predicted octanol–water partition coefficient (Wildman–Crippen LogP) is 2.22. The Morgan fingerprint density at radius 3 is 2.69 bits per heavy atom. The first kappa shape index (κ1) is 11.5. The van der Waals surface area contributed by atoms with Gasteiger partial charge in [0, 0.05) is 6.54 Å². The summed E-state index contributed by atoms with van der Waals surface area (Å²) in [6.45, 7) is 6.34. The molecule has 0 aromatic heterocycles. The quantitative estimate of drug-likeness (QED) is 0.817. The molecule has 4 heteroatoms. The summed E-state index contributed by atoms with van der Waals surface area (Å²) in [5.74, 6) is 0.131. The second-order valence-corrected chi connectivity index (χ2v) is 6.79. The number of aryl methyl sites for hydroxylation is 1. The molecule has 1 unspecified atom stereocenters. The fraction of sp³-hybridized carbons (Fsp3) is 0.500. The minimum atomic E-state index is -3.17. The molecule has 1 N–H and O–H groups in total. The Labute approximate surface area is 96.8 Å². The van der Waals surface area contributed by atoms with Gasteiger partial charge in [-0.1, -0.05) is 26.0 Å². The third-order valence-corrected chi connectivity index (χ3v) is 5.62. The molecule has 1 heterocycles. The second kappa shape index (κ2) is 3.77. The van der Waals surface area contributed by atoms with Crippen LogP contribution in [0.25, 0.3) is 0 Å². The van der Waals surface area contributed by atoms with Crippen LogP contribution >= 0.6 is 0 Å². The summed E-state index contributed by atoms with van der Waals surface area (Å²) < 4.78 is 24.7. The summed E-state index contributed by atoms with van der Waals surface area (Å²) >= 11 is 0. The summed E-state index contributed by atoms with van der Waals surface area (Å²) in [5.41, 5.74) is 1.77. The van der Waals surface area contributed by atoms with Gasteiger partial charge in [-0.05, 0) is 24.5 Å². The number of hydrogen-bond acceptors (Lipinski definition) is 3. The van der Waals surface area contributed by atoms with Gasteiger partial charge in [0.1, 0.15) is 0 Å². The lowest BCUT2D eigenvalue weighted by Crippen LogP contribution is -2.38. The Hall–Kier alpha value is -1.03. The molecule has 0 bridgehead atoms. The number of fused-ring (bicyclic) bond motifs is 1. The van der Waals surface area contributed by atoms with Crippen LogP contribution in [-0.4, -0.2) is 20.2 Å². The lowest BCUT2D eigenvalue weighted by molar-refractivity contribution is 0.533. The maximum absolute atomic E-state index is 12.4. The third kappa shape index (κ3) is 1.61. The van der Waals surface area contributed by atoms with Gasteiger partial charge < -0.3 is 5.32 Å². The van der Waals surface area contributed by atoms with E-state index in [1.807, 2.05) is 26.8 Å². The molecule has 3 nitrogen and oxygen atoms in total. The maximum atomic E-state index is 12.4. The van der Waals surface area contributed by atoms with Gasteiger partial charge >= 0.3 is 0 Å². The van der Waals surface area contributed by atoms with Crippen molar-refractivity contribution in [2.24, 2.45) is 5.92 Å². The van der Waals surface area contributed by atoms with Crippen molar-refractivity contribution in [3.8, 4) is 0 Å². The van der Waals surface area contributed by atoms with Gasteiger partial charge in [-0.25, -0.2) is 8.42 Å². The van der Waals surface area contributed by atoms with Crippen LogP contribution in [0.1, 0.15) is 19.4 Å². The van der Waals surface area contributed by atoms with Gasteiger partial charge in [0.2, 0.25) is 0 Å². The van der Waals surface area contributed by atoms with Crippen LogP contribution in [0.5, 0.6) is 0 Å². The summed E-state index contributed by atoms with van der Waals surface area (Å²) in [7, 11) is -3.17. The van der Waals surface area contributed by atoms with Gasteiger partial charge in [-0.15, -0.1) is 0 Å². The summed E-state index contributed by atoms with van der Waals surface area (Å²) in [6.07, 6.45) is 0. The first-order valence-corrected chi connectivity index (χ1v) is 7.06. The lowest BCUT2D eigenvalue weighted by atomic mass is 10.1.